The third-order valence-electron chi connectivity index (χ3n) is 3.64. The number of benzene rings is 2. The number of aromatic nitrogens is 3. The predicted molar refractivity (Wildman–Crippen MR) is 103 cm³/mol. The van der Waals surface area contributed by atoms with Crippen LogP contribution in [0.25, 0.3) is 0 Å². The van der Waals surface area contributed by atoms with Crippen molar-refractivity contribution in [2.75, 3.05) is 17.2 Å². The molecule has 0 fully saturated rings. The second-order valence-corrected chi connectivity index (χ2v) is 6.41. The van der Waals surface area contributed by atoms with E-state index in [1.54, 1.807) is 6.20 Å². The third-order valence-corrected chi connectivity index (χ3v) is 3.87. The Morgan fingerprint density at radius 2 is 1.84 bits per heavy atom. The highest BCUT2D eigenvalue weighted by Crippen LogP contribution is 2.18. The Morgan fingerprint density at radius 1 is 1.04 bits per heavy atom. The van der Waals surface area contributed by atoms with Crippen LogP contribution < -0.4 is 10.6 Å². The first kappa shape index (κ1) is 17.2. The van der Waals surface area contributed by atoms with Crippen molar-refractivity contribution in [2.24, 2.45) is 0 Å². The number of anilines is 3. The highest BCUT2D eigenvalue weighted by atomic mass is 35.5. The van der Waals surface area contributed by atoms with Crippen LogP contribution in [0.4, 0.5) is 17.5 Å². The van der Waals surface area contributed by atoms with E-state index in [2.05, 4.69) is 57.9 Å². The van der Waals surface area contributed by atoms with E-state index in [9.17, 15) is 0 Å². The molecule has 2 N–H and O–H groups in total. The summed E-state index contributed by atoms with van der Waals surface area (Å²) in [7, 11) is 0. The van der Waals surface area contributed by atoms with Gasteiger partial charge in [-0.1, -0.05) is 29.8 Å². The molecule has 0 bridgehead atoms. The van der Waals surface area contributed by atoms with Crippen molar-refractivity contribution in [3.05, 3.63) is 70.4 Å². The number of nitrogens with zero attached hydrogens (tertiary/aromatic N) is 3. The van der Waals surface area contributed by atoms with Crippen LogP contribution in [0.3, 0.4) is 0 Å². The lowest BCUT2D eigenvalue weighted by molar-refractivity contribution is 0.929. The van der Waals surface area contributed by atoms with Gasteiger partial charge in [-0.3, -0.25) is 0 Å². The molecular weight excluding hydrogens is 334 g/mol. The Morgan fingerprint density at radius 3 is 2.60 bits per heavy atom. The number of hydrogen-bond donors (Lipinski definition) is 2. The smallest absolute Gasteiger partial charge is 0.244 e. The highest BCUT2D eigenvalue weighted by Gasteiger charge is 2.03. The summed E-state index contributed by atoms with van der Waals surface area (Å²) in [6, 6.07) is 14.1. The molecule has 0 saturated carbocycles. The van der Waals surface area contributed by atoms with E-state index in [4.69, 9.17) is 11.6 Å². The van der Waals surface area contributed by atoms with Crippen molar-refractivity contribution in [1.29, 1.82) is 0 Å². The van der Waals surface area contributed by atoms with E-state index in [0.29, 0.717) is 18.3 Å². The second kappa shape index (κ2) is 7.94. The van der Waals surface area contributed by atoms with E-state index in [-0.39, 0.29) is 0 Å². The highest BCUT2D eigenvalue weighted by molar-refractivity contribution is 6.30. The van der Waals surface area contributed by atoms with Gasteiger partial charge in [-0.2, -0.15) is 10.1 Å². The molecule has 0 aliphatic carbocycles. The lowest BCUT2D eigenvalue weighted by atomic mass is 10.1. The molecule has 0 radical (unpaired) electrons. The Kier molecular flexibility index (Phi) is 5.46. The van der Waals surface area contributed by atoms with Crippen molar-refractivity contribution in [3.8, 4) is 0 Å². The zero-order valence-corrected chi connectivity index (χ0v) is 15.0. The van der Waals surface area contributed by atoms with Crippen molar-refractivity contribution in [2.45, 2.75) is 20.3 Å². The molecule has 6 heteroatoms. The number of nitrogens with one attached hydrogen (secondary N) is 2. The maximum absolute atomic E-state index is 6.00. The number of halogens is 1. The molecule has 0 aliphatic heterocycles. The monoisotopic (exact) mass is 353 g/mol. The quantitative estimate of drug-likeness (QED) is 0.681. The van der Waals surface area contributed by atoms with Crippen LogP contribution in [0.1, 0.15) is 16.7 Å². The van der Waals surface area contributed by atoms with Crippen LogP contribution in [0.15, 0.2) is 48.7 Å². The van der Waals surface area contributed by atoms with Gasteiger partial charge in [0, 0.05) is 17.3 Å². The minimum atomic E-state index is 0.497. The molecule has 128 valence electrons. The summed E-state index contributed by atoms with van der Waals surface area (Å²) in [5, 5.41) is 15.2. The standard InChI is InChI=1S/C19H20ClN5/c1-13-8-14(2)10-17(9-13)23-18-12-22-25-19(24-18)21-7-6-15-4-3-5-16(20)11-15/h3-5,8-12H,6-7H2,1-2H3,(H2,21,23,24,25). The molecule has 0 aliphatic rings. The van der Waals surface area contributed by atoms with Crippen LogP contribution >= 0.6 is 11.6 Å². The first-order chi connectivity index (χ1) is 12.1. The average Bonchev–Trinajstić information content (AvgIpc) is 2.54. The van der Waals surface area contributed by atoms with Gasteiger partial charge in [0.05, 0.1) is 6.20 Å². The van der Waals surface area contributed by atoms with E-state index < -0.39 is 0 Å². The van der Waals surface area contributed by atoms with Crippen LogP contribution in [0, 0.1) is 13.8 Å². The van der Waals surface area contributed by atoms with E-state index in [1.807, 2.05) is 24.3 Å². The fraction of sp³-hybridized carbons (Fsp3) is 0.211. The van der Waals surface area contributed by atoms with Gasteiger partial charge in [-0.25, -0.2) is 0 Å². The minimum Gasteiger partial charge on any atom is -0.353 e. The molecule has 0 atom stereocenters. The summed E-state index contributed by atoms with van der Waals surface area (Å²) in [5.41, 5.74) is 4.55. The molecule has 5 nitrogen and oxygen atoms in total. The molecule has 0 spiro atoms. The van der Waals surface area contributed by atoms with Gasteiger partial charge in [-0.15, -0.1) is 5.10 Å². The van der Waals surface area contributed by atoms with Crippen molar-refractivity contribution in [1.82, 2.24) is 15.2 Å². The first-order valence-corrected chi connectivity index (χ1v) is 8.50. The van der Waals surface area contributed by atoms with Gasteiger partial charge in [0.2, 0.25) is 5.95 Å². The van der Waals surface area contributed by atoms with E-state index in [0.717, 1.165) is 22.7 Å². The molecule has 2 aromatic carbocycles. The molecule has 3 aromatic rings. The normalized spacial score (nSPS) is 10.5. The molecule has 25 heavy (non-hydrogen) atoms. The second-order valence-electron chi connectivity index (χ2n) is 5.97. The number of rotatable bonds is 6. The zero-order chi connectivity index (χ0) is 17.6. The van der Waals surface area contributed by atoms with E-state index >= 15 is 0 Å². The Balaban J connectivity index is 1.61. The van der Waals surface area contributed by atoms with Crippen molar-refractivity contribution >= 4 is 29.1 Å². The maximum Gasteiger partial charge on any atom is 0.244 e. The summed E-state index contributed by atoms with van der Waals surface area (Å²) in [6.07, 6.45) is 2.44. The third kappa shape index (κ3) is 5.16. The molecule has 0 amide bonds. The van der Waals surface area contributed by atoms with Gasteiger partial charge in [-0.05, 0) is 61.2 Å². The van der Waals surface area contributed by atoms with Gasteiger partial charge >= 0.3 is 0 Å². The molecular formula is C19H20ClN5. The summed E-state index contributed by atoms with van der Waals surface area (Å²) in [5.74, 6) is 1.15. The topological polar surface area (TPSA) is 62.7 Å². The Hall–Kier alpha value is -2.66. The fourth-order valence-electron chi connectivity index (χ4n) is 2.64. The maximum atomic E-state index is 6.00. The molecule has 3 rings (SSSR count). The predicted octanol–water partition coefficient (Wildman–Crippen LogP) is 4.54. The van der Waals surface area contributed by atoms with Crippen LogP contribution in [-0.2, 0) is 6.42 Å². The molecule has 1 aromatic heterocycles. The summed E-state index contributed by atoms with van der Waals surface area (Å²) < 4.78 is 0. The molecule has 0 unspecified atom stereocenters. The van der Waals surface area contributed by atoms with Crippen LogP contribution in [0.2, 0.25) is 5.02 Å². The van der Waals surface area contributed by atoms with Gasteiger partial charge in [0.15, 0.2) is 5.82 Å². The van der Waals surface area contributed by atoms with Gasteiger partial charge in [0.1, 0.15) is 0 Å². The van der Waals surface area contributed by atoms with Gasteiger partial charge < -0.3 is 10.6 Å². The number of aryl methyl sites for hydroxylation is 2. The summed E-state index contributed by atoms with van der Waals surface area (Å²) in [6.45, 7) is 4.84. The SMILES string of the molecule is Cc1cc(C)cc(Nc2cnnc(NCCc3cccc(Cl)c3)n2)c1. The lowest BCUT2D eigenvalue weighted by Gasteiger charge is -2.09. The molecule has 1 heterocycles. The minimum absolute atomic E-state index is 0.497. The van der Waals surface area contributed by atoms with Crippen molar-refractivity contribution < 1.29 is 0 Å². The Labute approximate surface area is 152 Å². The van der Waals surface area contributed by atoms with Crippen LogP contribution in [0.5, 0.6) is 0 Å². The largest absolute Gasteiger partial charge is 0.353 e. The lowest BCUT2D eigenvalue weighted by Crippen LogP contribution is -2.09. The first-order valence-electron chi connectivity index (χ1n) is 8.12. The molecule has 0 saturated heterocycles. The number of hydrogen-bond acceptors (Lipinski definition) is 5. The van der Waals surface area contributed by atoms with Crippen molar-refractivity contribution in [3.63, 3.8) is 0 Å². The van der Waals surface area contributed by atoms with Crippen LogP contribution in [-0.4, -0.2) is 21.7 Å². The van der Waals surface area contributed by atoms with Gasteiger partial charge in [0.25, 0.3) is 0 Å². The summed E-state index contributed by atoms with van der Waals surface area (Å²) in [4.78, 5) is 4.45. The fourth-order valence-corrected chi connectivity index (χ4v) is 2.86. The van der Waals surface area contributed by atoms with E-state index in [1.165, 1.54) is 11.1 Å². The Bertz CT molecular complexity index is 846. The average molecular weight is 354 g/mol. The zero-order valence-electron chi connectivity index (χ0n) is 14.3. The summed E-state index contributed by atoms with van der Waals surface area (Å²) >= 11 is 6.00.